The van der Waals surface area contributed by atoms with Crippen molar-refractivity contribution in [1.29, 1.82) is 0 Å². The van der Waals surface area contributed by atoms with Crippen LogP contribution in [0.1, 0.15) is 36.2 Å². The van der Waals surface area contributed by atoms with Crippen molar-refractivity contribution in [3.05, 3.63) is 41.0 Å². The molecule has 0 amide bonds. The van der Waals surface area contributed by atoms with Gasteiger partial charge >= 0.3 is 0 Å². The topological polar surface area (TPSA) is 66.5 Å². The monoisotopic (exact) mass is 443 g/mol. The second-order valence-electron chi connectivity index (χ2n) is 7.13. The van der Waals surface area contributed by atoms with Gasteiger partial charge in [-0.2, -0.15) is 0 Å². The van der Waals surface area contributed by atoms with Gasteiger partial charge in [0.05, 0.1) is 40.7 Å². The normalized spacial score (nSPS) is 11.1. The van der Waals surface area contributed by atoms with Gasteiger partial charge in [-0.25, -0.2) is 0 Å². The molecule has 32 heavy (non-hydrogen) atoms. The molecule has 0 saturated carbocycles. The summed E-state index contributed by atoms with van der Waals surface area (Å²) in [5.41, 5.74) is 2.70. The molecule has 0 N–H and O–H groups in total. The molecule has 174 valence electrons. The molecule has 0 saturated heterocycles. The van der Waals surface area contributed by atoms with Gasteiger partial charge in [0.2, 0.25) is 11.5 Å². The van der Waals surface area contributed by atoms with Crippen molar-refractivity contribution in [2.45, 2.75) is 20.3 Å². The lowest BCUT2D eigenvalue weighted by molar-refractivity contribution is 0.103. The minimum Gasteiger partial charge on any atom is -0.493 e. The van der Waals surface area contributed by atoms with E-state index in [1.165, 1.54) is 14.2 Å². The van der Waals surface area contributed by atoms with E-state index in [9.17, 15) is 4.79 Å². The summed E-state index contributed by atoms with van der Waals surface area (Å²) in [6.07, 6.45) is 2.33. The van der Waals surface area contributed by atoms with Crippen LogP contribution in [0.4, 0.5) is 5.69 Å². The Bertz CT molecular complexity index is 981. The van der Waals surface area contributed by atoms with Gasteiger partial charge in [0.25, 0.3) is 0 Å². The van der Waals surface area contributed by atoms with E-state index in [0.717, 1.165) is 11.4 Å². The van der Waals surface area contributed by atoms with Crippen LogP contribution in [-0.4, -0.2) is 54.9 Å². The van der Waals surface area contributed by atoms with Crippen molar-refractivity contribution in [2.24, 2.45) is 0 Å². The van der Waals surface area contributed by atoms with Gasteiger partial charge < -0.3 is 28.6 Å². The van der Waals surface area contributed by atoms with Crippen LogP contribution < -0.4 is 28.6 Å². The molecular formula is C25H33NO6. The van der Waals surface area contributed by atoms with E-state index < -0.39 is 0 Å². The predicted octanol–water partition coefficient (Wildman–Crippen LogP) is 4.86. The second-order valence-corrected chi connectivity index (χ2v) is 7.13. The minimum absolute atomic E-state index is 0.0746. The number of Topliss-reactive ketones (excluding diaryl/α,β-unsaturated/α-hetero) is 1. The molecule has 0 aromatic heterocycles. The van der Waals surface area contributed by atoms with Crippen LogP contribution in [0.5, 0.6) is 28.7 Å². The number of carbonyl (C=O) groups is 1. The van der Waals surface area contributed by atoms with Crippen molar-refractivity contribution in [2.75, 3.05) is 54.0 Å². The molecule has 0 spiro atoms. The van der Waals surface area contributed by atoms with E-state index in [1.807, 2.05) is 45.0 Å². The van der Waals surface area contributed by atoms with Gasteiger partial charge in [0, 0.05) is 30.8 Å². The third kappa shape index (κ3) is 5.10. The van der Waals surface area contributed by atoms with E-state index in [1.54, 1.807) is 32.4 Å². The Labute approximate surface area is 190 Å². The lowest BCUT2D eigenvalue weighted by atomic mass is 9.97. The Morgan fingerprint density at radius 1 is 0.875 bits per heavy atom. The Hall–Kier alpha value is -3.35. The SMILES string of the molecule is CCOc1ccc(C(=O)/C(=C/c2cc(OC)c(OC)c(OC)c2OC)CC)cc1N(C)C. The van der Waals surface area contributed by atoms with Crippen molar-refractivity contribution < 1.29 is 28.5 Å². The summed E-state index contributed by atoms with van der Waals surface area (Å²) in [7, 11) is 10.00. The van der Waals surface area contributed by atoms with E-state index >= 15 is 0 Å². The fraction of sp³-hybridized carbons (Fsp3) is 0.400. The molecular weight excluding hydrogens is 410 g/mol. The van der Waals surface area contributed by atoms with Gasteiger partial charge in [0.1, 0.15) is 5.75 Å². The molecule has 0 aliphatic rings. The molecule has 2 aromatic carbocycles. The smallest absolute Gasteiger partial charge is 0.207 e. The lowest BCUT2D eigenvalue weighted by Gasteiger charge is -2.19. The molecule has 7 heteroatoms. The number of hydrogen-bond donors (Lipinski definition) is 0. The summed E-state index contributed by atoms with van der Waals surface area (Å²) in [6.45, 7) is 4.42. The summed E-state index contributed by atoms with van der Waals surface area (Å²) in [4.78, 5) is 15.3. The number of benzene rings is 2. The third-order valence-corrected chi connectivity index (χ3v) is 5.02. The number of methoxy groups -OCH3 is 4. The average molecular weight is 444 g/mol. The number of anilines is 1. The summed E-state index contributed by atoms with van der Waals surface area (Å²) in [6, 6.07) is 7.24. The number of ketones is 1. The Morgan fingerprint density at radius 2 is 1.53 bits per heavy atom. The van der Waals surface area contributed by atoms with Gasteiger partial charge in [-0.15, -0.1) is 0 Å². The molecule has 0 fully saturated rings. The predicted molar refractivity (Wildman–Crippen MR) is 127 cm³/mol. The van der Waals surface area contributed by atoms with Crippen LogP contribution in [-0.2, 0) is 0 Å². The molecule has 0 bridgehead atoms. The largest absolute Gasteiger partial charge is 0.493 e. The quantitative estimate of drug-likeness (QED) is 0.363. The van der Waals surface area contributed by atoms with Crippen molar-refractivity contribution >= 4 is 17.5 Å². The maximum Gasteiger partial charge on any atom is 0.207 e. The molecule has 2 rings (SSSR count). The first-order valence-electron chi connectivity index (χ1n) is 10.4. The highest BCUT2D eigenvalue weighted by Crippen LogP contribution is 2.47. The maximum absolute atomic E-state index is 13.4. The van der Waals surface area contributed by atoms with Crippen LogP contribution in [0, 0.1) is 0 Å². The highest BCUT2D eigenvalue weighted by atomic mass is 16.5. The minimum atomic E-state index is -0.0746. The van der Waals surface area contributed by atoms with E-state index in [-0.39, 0.29) is 5.78 Å². The number of rotatable bonds is 11. The summed E-state index contributed by atoms with van der Waals surface area (Å²) in [5, 5.41) is 0. The molecule has 0 heterocycles. The highest BCUT2D eigenvalue weighted by Gasteiger charge is 2.22. The average Bonchev–Trinajstić information content (AvgIpc) is 2.81. The number of nitrogens with zero attached hydrogens (tertiary/aromatic N) is 1. The van der Waals surface area contributed by atoms with Crippen molar-refractivity contribution in [1.82, 2.24) is 0 Å². The number of allylic oxidation sites excluding steroid dienone is 1. The molecule has 2 aromatic rings. The Balaban J connectivity index is 2.60. The Morgan fingerprint density at radius 3 is 2.03 bits per heavy atom. The van der Waals surface area contributed by atoms with Crippen LogP contribution in [0.2, 0.25) is 0 Å². The van der Waals surface area contributed by atoms with Gasteiger partial charge in [-0.1, -0.05) is 6.92 Å². The first-order chi connectivity index (χ1) is 15.4. The maximum atomic E-state index is 13.4. The molecule has 0 atom stereocenters. The summed E-state index contributed by atoms with van der Waals surface area (Å²) >= 11 is 0. The number of hydrogen-bond acceptors (Lipinski definition) is 7. The first kappa shape index (κ1) is 24.9. The molecule has 7 nitrogen and oxygen atoms in total. The summed E-state index contributed by atoms with van der Waals surface area (Å²) in [5.74, 6) is 2.44. The van der Waals surface area contributed by atoms with E-state index in [0.29, 0.717) is 52.7 Å². The third-order valence-electron chi connectivity index (χ3n) is 5.02. The van der Waals surface area contributed by atoms with Gasteiger partial charge in [-0.05, 0) is 43.7 Å². The standard InChI is InChI=1S/C25H33NO6/c1-9-16(22(27)17-11-12-20(32-10-2)19(14-17)26(3)4)13-18-15-21(28-5)24(30-7)25(31-8)23(18)29-6/h11-15H,9-10H2,1-8H3/b16-13+. The van der Waals surface area contributed by atoms with Crippen LogP contribution in [0.15, 0.2) is 29.8 Å². The zero-order valence-corrected chi connectivity index (χ0v) is 20.2. The number of carbonyl (C=O) groups excluding carboxylic acids is 1. The molecule has 0 radical (unpaired) electrons. The van der Waals surface area contributed by atoms with Crippen molar-refractivity contribution in [3.8, 4) is 28.7 Å². The fourth-order valence-corrected chi connectivity index (χ4v) is 3.45. The molecule has 0 aliphatic heterocycles. The second kappa shape index (κ2) is 11.3. The zero-order valence-electron chi connectivity index (χ0n) is 20.2. The Kier molecular flexibility index (Phi) is 8.81. The fourth-order valence-electron chi connectivity index (χ4n) is 3.45. The molecule has 0 unspecified atom stereocenters. The number of ether oxygens (including phenoxy) is 5. The summed E-state index contributed by atoms with van der Waals surface area (Å²) < 4.78 is 27.7. The van der Waals surface area contributed by atoms with Crippen LogP contribution >= 0.6 is 0 Å². The highest BCUT2D eigenvalue weighted by molar-refractivity contribution is 6.12. The zero-order chi connectivity index (χ0) is 23.8. The van der Waals surface area contributed by atoms with E-state index in [2.05, 4.69) is 0 Å². The van der Waals surface area contributed by atoms with Crippen LogP contribution in [0.3, 0.4) is 0 Å². The lowest BCUT2D eigenvalue weighted by Crippen LogP contribution is -2.12. The van der Waals surface area contributed by atoms with Gasteiger partial charge in [-0.3, -0.25) is 4.79 Å². The molecule has 0 aliphatic carbocycles. The van der Waals surface area contributed by atoms with Crippen LogP contribution in [0.25, 0.3) is 6.08 Å². The first-order valence-corrected chi connectivity index (χ1v) is 10.4. The van der Waals surface area contributed by atoms with Gasteiger partial charge in [0.15, 0.2) is 17.3 Å². The van der Waals surface area contributed by atoms with Crippen molar-refractivity contribution in [3.63, 3.8) is 0 Å². The van der Waals surface area contributed by atoms with E-state index in [4.69, 9.17) is 23.7 Å².